The van der Waals surface area contributed by atoms with Crippen molar-refractivity contribution in [3.63, 3.8) is 0 Å². The molecular weight excluding hydrogens is 296 g/mol. The summed E-state index contributed by atoms with van der Waals surface area (Å²) >= 11 is 5.24. The number of halogens is 1. The van der Waals surface area contributed by atoms with Crippen LogP contribution < -0.4 is 11.3 Å². The second kappa shape index (κ2) is 5.78. The number of hydrogen-bond donors (Lipinski definition) is 2. The topological polar surface area (TPSA) is 38.0 Å². The fourth-order valence-corrected chi connectivity index (χ4v) is 3.30. The molecule has 0 amide bonds. The van der Waals surface area contributed by atoms with Crippen molar-refractivity contribution >= 4 is 27.3 Å². The number of nitrogens with one attached hydrogen (secondary N) is 1. The van der Waals surface area contributed by atoms with Gasteiger partial charge in [-0.1, -0.05) is 28.1 Å². The molecule has 0 radical (unpaired) electrons. The zero-order chi connectivity index (χ0) is 12.3. The van der Waals surface area contributed by atoms with Crippen LogP contribution in [0.25, 0.3) is 0 Å². The summed E-state index contributed by atoms with van der Waals surface area (Å²) in [5, 5.41) is 2.11. The Bertz CT molecular complexity index is 496. The van der Waals surface area contributed by atoms with Crippen LogP contribution in [0, 0.1) is 6.92 Å². The van der Waals surface area contributed by atoms with Crippen LogP contribution in [0.5, 0.6) is 0 Å². The van der Waals surface area contributed by atoms with Crippen LogP contribution in [0.1, 0.15) is 22.0 Å². The first-order chi connectivity index (χ1) is 8.20. The zero-order valence-electron chi connectivity index (χ0n) is 9.61. The third-order valence-electron chi connectivity index (χ3n) is 2.75. The Balaban J connectivity index is 2.19. The number of thiophene rings is 1. The van der Waals surface area contributed by atoms with Crippen molar-refractivity contribution in [3.8, 4) is 0 Å². The standard InChI is InChI=1S/C13H15BrN2S/c1-9-5-6-17-13(9)12(16-15)8-10-3-2-4-11(14)7-10/h2-7,12,16H,8,15H2,1H3. The summed E-state index contributed by atoms with van der Waals surface area (Å²) in [4.78, 5) is 1.31. The fraction of sp³-hybridized carbons (Fsp3) is 0.231. The summed E-state index contributed by atoms with van der Waals surface area (Å²) in [5.41, 5.74) is 5.48. The van der Waals surface area contributed by atoms with Gasteiger partial charge in [-0.05, 0) is 48.1 Å². The van der Waals surface area contributed by atoms with Gasteiger partial charge in [0.05, 0.1) is 6.04 Å². The highest BCUT2D eigenvalue weighted by Gasteiger charge is 2.14. The first-order valence-corrected chi connectivity index (χ1v) is 7.12. The Hall–Kier alpha value is -0.680. The average Bonchev–Trinajstić information content (AvgIpc) is 2.72. The maximum atomic E-state index is 5.66. The number of nitrogens with two attached hydrogens (primary N) is 1. The molecule has 0 bridgehead atoms. The number of hydrogen-bond acceptors (Lipinski definition) is 3. The predicted molar refractivity (Wildman–Crippen MR) is 77.0 cm³/mol. The third kappa shape index (κ3) is 3.16. The molecule has 0 aliphatic heterocycles. The van der Waals surface area contributed by atoms with E-state index < -0.39 is 0 Å². The summed E-state index contributed by atoms with van der Waals surface area (Å²) in [6, 6.07) is 10.7. The van der Waals surface area contributed by atoms with E-state index in [0.717, 1.165) is 10.9 Å². The van der Waals surface area contributed by atoms with Crippen LogP contribution >= 0.6 is 27.3 Å². The van der Waals surface area contributed by atoms with Crippen molar-refractivity contribution in [1.82, 2.24) is 5.43 Å². The molecule has 1 unspecified atom stereocenters. The number of rotatable bonds is 4. The van der Waals surface area contributed by atoms with E-state index in [-0.39, 0.29) is 6.04 Å². The highest BCUT2D eigenvalue weighted by molar-refractivity contribution is 9.10. The molecule has 0 fully saturated rings. The largest absolute Gasteiger partial charge is 0.271 e. The molecule has 0 aliphatic carbocycles. The van der Waals surface area contributed by atoms with Gasteiger partial charge in [-0.25, -0.2) is 0 Å². The summed E-state index contributed by atoms with van der Waals surface area (Å²) < 4.78 is 1.11. The van der Waals surface area contributed by atoms with Crippen molar-refractivity contribution in [1.29, 1.82) is 0 Å². The fourth-order valence-electron chi connectivity index (χ4n) is 1.87. The van der Waals surface area contributed by atoms with Gasteiger partial charge in [0.25, 0.3) is 0 Å². The van der Waals surface area contributed by atoms with E-state index in [0.29, 0.717) is 0 Å². The first kappa shape index (κ1) is 12.8. The Kier molecular flexibility index (Phi) is 4.34. The van der Waals surface area contributed by atoms with Crippen LogP contribution in [0.2, 0.25) is 0 Å². The molecule has 0 saturated heterocycles. The molecule has 1 aromatic heterocycles. The van der Waals surface area contributed by atoms with Gasteiger partial charge in [0.15, 0.2) is 0 Å². The average molecular weight is 311 g/mol. The zero-order valence-corrected chi connectivity index (χ0v) is 12.0. The Morgan fingerprint density at radius 1 is 1.41 bits per heavy atom. The van der Waals surface area contributed by atoms with Gasteiger partial charge < -0.3 is 0 Å². The highest BCUT2D eigenvalue weighted by atomic mass is 79.9. The molecule has 2 aromatic rings. The van der Waals surface area contributed by atoms with Crippen molar-refractivity contribution in [2.45, 2.75) is 19.4 Å². The van der Waals surface area contributed by atoms with Crippen molar-refractivity contribution in [3.05, 3.63) is 56.2 Å². The van der Waals surface area contributed by atoms with Crippen LogP contribution in [0.3, 0.4) is 0 Å². The van der Waals surface area contributed by atoms with E-state index in [1.165, 1.54) is 16.0 Å². The minimum atomic E-state index is 0.185. The quantitative estimate of drug-likeness (QED) is 0.669. The van der Waals surface area contributed by atoms with E-state index in [1.54, 1.807) is 11.3 Å². The molecule has 1 aromatic carbocycles. The lowest BCUT2D eigenvalue weighted by molar-refractivity contribution is 0.558. The normalized spacial score (nSPS) is 12.6. The SMILES string of the molecule is Cc1ccsc1C(Cc1cccc(Br)c1)NN. The minimum Gasteiger partial charge on any atom is -0.271 e. The number of benzene rings is 1. The van der Waals surface area contributed by atoms with Gasteiger partial charge in [0.1, 0.15) is 0 Å². The van der Waals surface area contributed by atoms with Gasteiger partial charge in [-0.15, -0.1) is 11.3 Å². The lowest BCUT2D eigenvalue weighted by atomic mass is 10.0. The minimum absolute atomic E-state index is 0.185. The van der Waals surface area contributed by atoms with E-state index in [9.17, 15) is 0 Å². The van der Waals surface area contributed by atoms with Gasteiger partial charge in [0, 0.05) is 9.35 Å². The lowest BCUT2D eigenvalue weighted by Crippen LogP contribution is -2.29. The Morgan fingerprint density at radius 2 is 2.24 bits per heavy atom. The maximum absolute atomic E-state index is 5.66. The van der Waals surface area contributed by atoms with Crippen molar-refractivity contribution in [2.75, 3.05) is 0 Å². The van der Waals surface area contributed by atoms with E-state index in [4.69, 9.17) is 5.84 Å². The molecular formula is C13H15BrN2S. The van der Waals surface area contributed by atoms with Gasteiger partial charge >= 0.3 is 0 Å². The molecule has 17 heavy (non-hydrogen) atoms. The van der Waals surface area contributed by atoms with Gasteiger partial charge in [-0.2, -0.15) is 0 Å². The second-order valence-electron chi connectivity index (χ2n) is 4.02. The van der Waals surface area contributed by atoms with Crippen LogP contribution in [-0.2, 0) is 6.42 Å². The molecule has 4 heteroatoms. The molecule has 0 aliphatic rings. The number of aryl methyl sites for hydroxylation is 1. The van der Waals surface area contributed by atoms with Crippen LogP contribution in [0.15, 0.2) is 40.2 Å². The van der Waals surface area contributed by atoms with Crippen LogP contribution in [-0.4, -0.2) is 0 Å². The van der Waals surface area contributed by atoms with Crippen LogP contribution in [0.4, 0.5) is 0 Å². The van der Waals surface area contributed by atoms with E-state index in [1.807, 2.05) is 12.1 Å². The van der Waals surface area contributed by atoms with Gasteiger partial charge in [-0.3, -0.25) is 11.3 Å². The molecule has 1 atom stereocenters. The molecule has 2 rings (SSSR count). The Morgan fingerprint density at radius 3 is 2.82 bits per heavy atom. The summed E-state index contributed by atoms with van der Waals surface area (Å²) in [5.74, 6) is 5.66. The molecule has 1 heterocycles. The molecule has 90 valence electrons. The molecule has 0 saturated carbocycles. The smallest absolute Gasteiger partial charge is 0.0596 e. The molecule has 3 N–H and O–H groups in total. The number of hydrazine groups is 1. The lowest BCUT2D eigenvalue weighted by Gasteiger charge is -2.15. The highest BCUT2D eigenvalue weighted by Crippen LogP contribution is 2.26. The summed E-state index contributed by atoms with van der Waals surface area (Å²) in [7, 11) is 0. The third-order valence-corrected chi connectivity index (χ3v) is 4.37. The van der Waals surface area contributed by atoms with Crippen molar-refractivity contribution in [2.24, 2.45) is 5.84 Å². The predicted octanol–water partition coefficient (Wildman–Crippen LogP) is 3.57. The van der Waals surface area contributed by atoms with E-state index in [2.05, 4.69) is 51.9 Å². The Labute approximate surface area is 114 Å². The second-order valence-corrected chi connectivity index (χ2v) is 5.88. The summed E-state index contributed by atoms with van der Waals surface area (Å²) in [6.45, 7) is 2.12. The summed E-state index contributed by atoms with van der Waals surface area (Å²) in [6.07, 6.45) is 0.900. The molecule has 2 nitrogen and oxygen atoms in total. The molecule has 0 spiro atoms. The van der Waals surface area contributed by atoms with Gasteiger partial charge in [0.2, 0.25) is 0 Å². The van der Waals surface area contributed by atoms with E-state index >= 15 is 0 Å². The monoisotopic (exact) mass is 310 g/mol. The maximum Gasteiger partial charge on any atom is 0.0596 e. The first-order valence-electron chi connectivity index (χ1n) is 5.45. The van der Waals surface area contributed by atoms with Crippen molar-refractivity contribution < 1.29 is 0 Å².